The first kappa shape index (κ1) is 13.0. The summed E-state index contributed by atoms with van der Waals surface area (Å²) >= 11 is 0. The van der Waals surface area contributed by atoms with Gasteiger partial charge in [-0.2, -0.15) is 0 Å². The molecule has 0 aliphatic carbocycles. The largest absolute Gasteiger partial charge is 0.317 e. The smallest absolute Gasteiger partial charge is 0.00666 e. The van der Waals surface area contributed by atoms with Crippen LogP contribution in [-0.4, -0.2) is 13.1 Å². The van der Waals surface area contributed by atoms with E-state index in [2.05, 4.69) is 47.0 Å². The van der Waals surface area contributed by atoms with Gasteiger partial charge >= 0.3 is 0 Å². The van der Waals surface area contributed by atoms with Crippen LogP contribution >= 0.6 is 0 Å². The maximum Gasteiger partial charge on any atom is 0.00666 e. The first-order valence-electron chi connectivity index (χ1n) is 5.52. The Bertz CT molecular complexity index is 122. The second kappa shape index (κ2) is 5.64. The quantitative estimate of drug-likeness (QED) is 0.692. The van der Waals surface area contributed by atoms with Gasteiger partial charge in [-0.1, -0.05) is 34.6 Å². The fraction of sp³-hybridized carbons (Fsp3) is 1.00. The molecule has 0 saturated carbocycles. The van der Waals surface area contributed by atoms with Crippen LogP contribution in [0.5, 0.6) is 0 Å². The van der Waals surface area contributed by atoms with Crippen LogP contribution < -0.4 is 5.32 Å². The molecule has 0 amide bonds. The molecule has 1 heteroatoms. The number of hydrogen-bond acceptors (Lipinski definition) is 1. The molecule has 0 saturated heterocycles. The molecular weight excluding hydrogens is 158 g/mol. The topological polar surface area (TPSA) is 12.0 Å². The van der Waals surface area contributed by atoms with Crippen LogP contribution in [0.2, 0.25) is 0 Å². The molecule has 0 spiro atoms. The Labute approximate surface area is 84.3 Å². The number of rotatable bonds is 5. The summed E-state index contributed by atoms with van der Waals surface area (Å²) in [5.41, 5.74) is 0.478. The molecule has 13 heavy (non-hydrogen) atoms. The van der Waals surface area contributed by atoms with Crippen LogP contribution in [0.4, 0.5) is 0 Å². The molecule has 1 N–H and O–H groups in total. The van der Waals surface area contributed by atoms with Crippen LogP contribution in [0.3, 0.4) is 0 Å². The predicted molar refractivity (Wildman–Crippen MR) is 61.0 cm³/mol. The molecule has 0 fully saturated rings. The minimum absolute atomic E-state index is 0.478. The van der Waals surface area contributed by atoms with Crippen molar-refractivity contribution in [1.82, 2.24) is 5.32 Å². The van der Waals surface area contributed by atoms with E-state index in [-0.39, 0.29) is 0 Å². The minimum atomic E-state index is 0.478. The molecule has 0 aromatic rings. The van der Waals surface area contributed by atoms with Crippen molar-refractivity contribution in [2.24, 2.45) is 11.3 Å². The van der Waals surface area contributed by atoms with Crippen LogP contribution in [0.1, 0.15) is 53.9 Å². The van der Waals surface area contributed by atoms with Crippen molar-refractivity contribution in [3.63, 3.8) is 0 Å². The Morgan fingerprint density at radius 1 is 1.15 bits per heavy atom. The SMILES string of the molecule is CNC(CCC(C)(C)C)CC(C)C. The van der Waals surface area contributed by atoms with E-state index in [9.17, 15) is 0 Å². The van der Waals surface area contributed by atoms with Crippen LogP contribution in [-0.2, 0) is 0 Å². The fourth-order valence-electron chi connectivity index (χ4n) is 1.56. The second-order valence-electron chi connectivity index (χ2n) is 5.71. The zero-order chi connectivity index (χ0) is 10.5. The van der Waals surface area contributed by atoms with Gasteiger partial charge in [0.05, 0.1) is 0 Å². The average Bonchev–Trinajstić information content (AvgIpc) is 1.95. The second-order valence-corrected chi connectivity index (χ2v) is 5.71. The van der Waals surface area contributed by atoms with E-state index in [0.29, 0.717) is 11.5 Å². The monoisotopic (exact) mass is 185 g/mol. The van der Waals surface area contributed by atoms with Crippen LogP contribution in [0.25, 0.3) is 0 Å². The predicted octanol–water partition coefficient (Wildman–Crippen LogP) is 3.45. The van der Waals surface area contributed by atoms with Gasteiger partial charge in [-0.05, 0) is 37.6 Å². The van der Waals surface area contributed by atoms with Gasteiger partial charge in [0.15, 0.2) is 0 Å². The molecule has 0 aliphatic heterocycles. The van der Waals surface area contributed by atoms with Gasteiger partial charge < -0.3 is 5.32 Å². The van der Waals surface area contributed by atoms with Gasteiger partial charge in [0.2, 0.25) is 0 Å². The van der Waals surface area contributed by atoms with Crippen molar-refractivity contribution in [3.8, 4) is 0 Å². The molecule has 0 aromatic carbocycles. The Hall–Kier alpha value is -0.0400. The highest BCUT2D eigenvalue weighted by Gasteiger charge is 2.14. The normalized spacial score (nSPS) is 15.0. The van der Waals surface area contributed by atoms with Crippen molar-refractivity contribution >= 4 is 0 Å². The van der Waals surface area contributed by atoms with E-state index in [1.165, 1.54) is 19.3 Å². The highest BCUT2D eigenvalue weighted by Crippen LogP contribution is 2.23. The molecule has 0 rings (SSSR count). The van der Waals surface area contributed by atoms with E-state index in [1.54, 1.807) is 0 Å². The summed E-state index contributed by atoms with van der Waals surface area (Å²) in [6.07, 6.45) is 3.91. The lowest BCUT2D eigenvalue weighted by atomic mass is 9.87. The summed E-state index contributed by atoms with van der Waals surface area (Å²) in [4.78, 5) is 0. The molecule has 80 valence electrons. The number of nitrogens with one attached hydrogen (secondary N) is 1. The van der Waals surface area contributed by atoms with Gasteiger partial charge in [-0.3, -0.25) is 0 Å². The van der Waals surface area contributed by atoms with Gasteiger partial charge in [0.1, 0.15) is 0 Å². The molecule has 0 radical (unpaired) electrons. The van der Waals surface area contributed by atoms with E-state index in [1.807, 2.05) is 0 Å². The fourth-order valence-corrected chi connectivity index (χ4v) is 1.56. The third-order valence-electron chi connectivity index (χ3n) is 2.41. The highest BCUT2D eigenvalue weighted by molar-refractivity contribution is 4.71. The Kier molecular flexibility index (Phi) is 5.62. The maximum absolute atomic E-state index is 3.41. The molecular formula is C12H27N. The third kappa shape index (κ3) is 8.29. The van der Waals surface area contributed by atoms with Crippen molar-refractivity contribution in [1.29, 1.82) is 0 Å². The van der Waals surface area contributed by atoms with Gasteiger partial charge in [-0.15, -0.1) is 0 Å². The lowest BCUT2D eigenvalue weighted by Crippen LogP contribution is -2.28. The number of hydrogen-bond donors (Lipinski definition) is 1. The Morgan fingerprint density at radius 2 is 1.69 bits per heavy atom. The van der Waals surface area contributed by atoms with Crippen LogP contribution in [0.15, 0.2) is 0 Å². The molecule has 1 unspecified atom stereocenters. The molecule has 0 bridgehead atoms. The summed E-state index contributed by atoms with van der Waals surface area (Å²) in [5, 5.41) is 3.41. The third-order valence-corrected chi connectivity index (χ3v) is 2.41. The van der Waals surface area contributed by atoms with Gasteiger partial charge in [0, 0.05) is 6.04 Å². The van der Waals surface area contributed by atoms with Crippen molar-refractivity contribution in [2.45, 2.75) is 59.9 Å². The van der Waals surface area contributed by atoms with Gasteiger partial charge in [0.25, 0.3) is 0 Å². The molecule has 0 aliphatic rings. The van der Waals surface area contributed by atoms with E-state index in [4.69, 9.17) is 0 Å². The van der Waals surface area contributed by atoms with Crippen molar-refractivity contribution in [2.75, 3.05) is 7.05 Å². The molecule has 1 atom stereocenters. The summed E-state index contributed by atoms with van der Waals surface area (Å²) in [7, 11) is 2.08. The maximum atomic E-state index is 3.41. The van der Waals surface area contributed by atoms with E-state index in [0.717, 1.165) is 5.92 Å². The molecule has 1 nitrogen and oxygen atoms in total. The summed E-state index contributed by atoms with van der Waals surface area (Å²) in [6, 6.07) is 0.708. The van der Waals surface area contributed by atoms with E-state index >= 15 is 0 Å². The van der Waals surface area contributed by atoms with E-state index < -0.39 is 0 Å². The first-order valence-corrected chi connectivity index (χ1v) is 5.52. The lowest BCUT2D eigenvalue weighted by Gasteiger charge is -2.24. The summed E-state index contributed by atoms with van der Waals surface area (Å²) in [5.74, 6) is 0.803. The van der Waals surface area contributed by atoms with Crippen molar-refractivity contribution < 1.29 is 0 Å². The summed E-state index contributed by atoms with van der Waals surface area (Å²) in [6.45, 7) is 11.5. The van der Waals surface area contributed by atoms with Crippen molar-refractivity contribution in [3.05, 3.63) is 0 Å². The summed E-state index contributed by atoms with van der Waals surface area (Å²) < 4.78 is 0. The average molecular weight is 185 g/mol. The van der Waals surface area contributed by atoms with Crippen LogP contribution in [0, 0.1) is 11.3 Å². The molecule has 0 heterocycles. The minimum Gasteiger partial charge on any atom is -0.317 e. The Morgan fingerprint density at radius 3 is 2.00 bits per heavy atom. The zero-order valence-corrected chi connectivity index (χ0v) is 10.3. The molecule has 0 aromatic heterocycles. The highest BCUT2D eigenvalue weighted by atomic mass is 14.9. The Balaban J connectivity index is 3.72. The zero-order valence-electron chi connectivity index (χ0n) is 10.3. The standard InChI is InChI=1S/C12H27N/c1-10(2)9-11(13-6)7-8-12(3,4)5/h10-11,13H,7-9H2,1-6H3. The lowest BCUT2D eigenvalue weighted by molar-refractivity contribution is 0.316. The first-order chi connectivity index (χ1) is 5.85. The van der Waals surface area contributed by atoms with Gasteiger partial charge in [-0.25, -0.2) is 0 Å².